The smallest absolute Gasteiger partial charge is 0.317 e. The van der Waals surface area contributed by atoms with E-state index in [4.69, 9.17) is 4.74 Å². The second-order valence-corrected chi connectivity index (χ2v) is 2.58. The molecule has 0 radical (unpaired) electrons. The van der Waals surface area contributed by atoms with Crippen LogP contribution in [0.25, 0.3) is 0 Å². The Hall–Kier alpha value is -0.770. The summed E-state index contributed by atoms with van der Waals surface area (Å²) in [6.45, 7) is 1.30. The van der Waals surface area contributed by atoms with Crippen molar-refractivity contribution in [1.82, 2.24) is 10.2 Å². The van der Waals surface area contributed by atoms with Gasteiger partial charge in [-0.3, -0.25) is 0 Å². The first-order chi connectivity index (χ1) is 4.70. The van der Waals surface area contributed by atoms with E-state index in [9.17, 15) is 4.79 Å². The lowest BCUT2D eigenvalue weighted by molar-refractivity contribution is -0.00133. The zero-order chi connectivity index (χ0) is 7.56. The van der Waals surface area contributed by atoms with Crippen molar-refractivity contribution in [1.29, 1.82) is 0 Å². The summed E-state index contributed by atoms with van der Waals surface area (Å²) in [6.07, 6.45) is 0. The van der Waals surface area contributed by atoms with E-state index in [2.05, 4.69) is 5.32 Å². The molecular weight excluding hydrogens is 132 g/mol. The van der Waals surface area contributed by atoms with Crippen LogP contribution in [0.3, 0.4) is 0 Å². The molecule has 0 aromatic carbocycles. The van der Waals surface area contributed by atoms with Gasteiger partial charge < -0.3 is 15.0 Å². The molecule has 0 aromatic rings. The summed E-state index contributed by atoms with van der Waals surface area (Å²) in [5.41, 5.74) is 0. The molecule has 10 heavy (non-hydrogen) atoms. The van der Waals surface area contributed by atoms with Crippen molar-refractivity contribution < 1.29 is 9.53 Å². The third-order valence-corrected chi connectivity index (χ3v) is 1.37. The van der Waals surface area contributed by atoms with Crippen LogP contribution >= 0.6 is 0 Å². The highest BCUT2D eigenvalue weighted by molar-refractivity contribution is 5.73. The van der Waals surface area contributed by atoms with Gasteiger partial charge in [0, 0.05) is 14.1 Å². The number of urea groups is 1. The van der Waals surface area contributed by atoms with E-state index in [1.807, 2.05) is 0 Å². The summed E-state index contributed by atoms with van der Waals surface area (Å²) >= 11 is 0. The Bertz CT molecular complexity index is 132. The van der Waals surface area contributed by atoms with Gasteiger partial charge in [0.1, 0.15) is 0 Å². The maximum absolute atomic E-state index is 10.9. The van der Waals surface area contributed by atoms with Gasteiger partial charge in [-0.15, -0.1) is 0 Å². The van der Waals surface area contributed by atoms with Crippen molar-refractivity contribution in [2.75, 3.05) is 27.3 Å². The number of amides is 2. The summed E-state index contributed by atoms with van der Waals surface area (Å²) in [6, 6.07) is 0.184. The Morgan fingerprint density at radius 2 is 2.20 bits per heavy atom. The van der Waals surface area contributed by atoms with Crippen molar-refractivity contribution in [3.63, 3.8) is 0 Å². The molecule has 0 bridgehead atoms. The van der Waals surface area contributed by atoms with Crippen LogP contribution in [0.15, 0.2) is 0 Å². The molecule has 58 valence electrons. The van der Waals surface area contributed by atoms with Gasteiger partial charge in [-0.05, 0) is 0 Å². The molecule has 1 saturated heterocycles. The van der Waals surface area contributed by atoms with Gasteiger partial charge in [0.15, 0.2) is 0 Å². The highest BCUT2D eigenvalue weighted by atomic mass is 16.5. The lowest BCUT2D eigenvalue weighted by Gasteiger charge is -2.28. The van der Waals surface area contributed by atoms with E-state index in [0.717, 1.165) is 0 Å². The predicted octanol–water partition coefficient (Wildman–Crippen LogP) is -0.344. The van der Waals surface area contributed by atoms with Crippen LogP contribution in [0.4, 0.5) is 4.79 Å². The maximum atomic E-state index is 10.9. The van der Waals surface area contributed by atoms with Crippen LogP contribution in [-0.2, 0) is 4.74 Å². The lowest BCUT2D eigenvalue weighted by atomic mass is 10.3. The predicted molar refractivity (Wildman–Crippen MR) is 36.8 cm³/mol. The number of nitrogens with one attached hydrogen (secondary N) is 1. The standard InChI is InChI=1S/C6H12N2O2/c1-8(2)6(9)7-5-3-10-4-5/h5H,3-4H2,1-2H3,(H,7,9). The molecule has 0 unspecified atom stereocenters. The number of carbonyl (C=O) groups excluding carboxylic acids is 1. The monoisotopic (exact) mass is 144 g/mol. The van der Waals surface area contributed by atoms with Crippen LogP contribution in [0, 0.1) is 0 Å². The Labute approximate surface area is 60.1 Å². The van der Waals surface area contributed by atoms with E-state index in [1.165, 1.54) is 4.90 Å². The Balaban J connectivity index is 2.17. The minimum absolute atomic E-state index is 0.0479. The molecule has 4 nitrogen and oxygen atoms in total. The Kier molecular flexibility index (Phi) is 2.11. The highest BCUT2D eigenvalue weighted by Gasteiger charge is 2.20. The van der Waals surface area contributed by atoms with Crippen molar-refractivity contribution in [2.24, 2.45) is 0 Å². The molecule has 0 atom stereocenters. The Morgan fingerprint density at radius 1 is 1.60 bits per heavy atom. The van der Waals surface area contributed by atoms with Gasteiger partial charge in [-0.2, -0.15) is 0 Å². The first kappa shape index (κ1) is 7.34. The van der Waals surface area contributed by atoms with Crippen LogP contribution in [-0.4, -0.2) is 44.3 Å². The number of rotatable bonds is 1. The topological polar surface area (TPSA) is 41.6 Å². The zero-order valence-electron chi connectivity index (χ0n) is 6.26. The van der Waals surface area contributed by atoms with E-state index >= 15 is 0 Å². The molecule has 2 amide bonds. The highest BCUT2D eigenvalue weighted by Crippen LogP contribution is 1.99. The first-order valence-corrected chi connectivity index (χ1v) is 3.25. The van der Waals surface area contributed by atoms with Gasteiger partial charge in [-0.25, -0.2) is 4.79 Å². The average Bonchev–Trinajstić information content (AvgIpc) is 1.77. The van der Waals surface area contributed by atoms with Crippen molar-refractivity contribution in [2.45, 2.75) is 6.04 Å². The largest absolute Gasteiger partial charge is 0.377 e. The summed E-state index contributed by atoms with van der Waals surface area (Å²) in [5, 5.41) is 2.78. The fourth-order valence-electron chi connectivity index (χ4n) is 0.623. The minimum atomic E-state index is -0.0479. The molecule has 0 saturated carbocycles. The molecule has 0 aromatic heterocycles. The summed E-state index contributed by atoms with van der Waals surface area (Å²) < 4.78 is 4.88. The molecule has 4 heteroatoms. The fourth-order valence-corrected chi connectivity index (χ4v) is 0.623. The van der Waals surface area contributed by atoms with Crippen molar-refractivity contribution >= 4 is 6.03 Å². The fraction of sp³-hybridized carbons (Fsp3) is 0.833. The number of hydrogen-bond donors (Lipinski definition) is 1. The number of carbonyl (C=O) groups is 1. The van der Waals surface area contributed by atoms with Gasteiger partial charge >= 0.3 is 6.03 Å². The van der Waals surface area contributed by atoms with E-state index in [0.29, 0.717) is 13.2 Å². The molecule has 0 spiro atoms. The quantitative estimate of drug-likeness (QED) is 0.547. The van der Waals surface area contributed by atoms with E-state index in [1.54, 1.807) is 14.1 Å². The molecule has 1 N–H and O–H groups in total. The molecule has 1 aliphatic heterocycles. The summed E-state index contributed by atoms with van der Waals surface area (Å²) in [5.74, 6) is 0. The second-order valence-electron chi connectivity index (χ2n) is 2.58. The van der Waals surface area contributed by atoms with E-state index in [-0.39, 0.29) is 12.1 Å². The van der Waals surface area contributed by atoms with Gasteiger partial charge in [0.05, 0.1) is 19.3 Å². The molecule has 1 aliphatic rings. The number of nitrogens with zero attached hydrogens (tertiary/aromatic N) is 1. The van der Waals surface area contributed by atoms with Crippen molar-refractivity contribution in [3.05, 3.63) is 0 Å². The molecule has 1 fully saturated rings. The van der Waals surface area contributed by atoms with Crippen LogP contribution < -0.4 is 5.32 Å². The molecule has 0 aliphatic carbocycles. The number of hydrogen-bond acceptors (Lipinski definition) is 2. The first-order valence-electron chi connectivity index (χ1n) is 3.25. The maximum Gasteiger partial charge on any atom is 0.317 e. The van der Waals surface area contributed by atoms with Gasteiger partial charge in [0.2, 0.25) is 0 Å². The van der Waals surface area contributed by atoms with Crippen LogP contribution in [0.1, 0.15) is 0 Å². The SMILES string of the molecule is CN(C)C(=O)NC1COC1. The van der Waals surface area contributed by atoms with Gasteiger partial charge in [-0.1, -0.05) is 0 Å². The van der Waals surface area contributed by atoms with E-state index < -0.39 is 0 Å². The third-order valence-electron chi connectivity index (χ3n) is 1.37. The average molecular weight is 144 g/mol. The Morgan fingerprint density at radius 3 is 2.50 bits per heavy atom. The van der Waals surface area contributed by atoms with Crippen LogP contribution in [0.5, 0.6) is 0 Å². The zero-order valence-corrected chi connectivity index (χ0v) is 6.26. The summed E-state index contributed by atoms with van der Waals surface area (Å²) in [7, 11) is 3.43. The number of ether oxygens (including phenoxy) is 1. The lowest BCUT2D eigenvalue weighted by Crippen LogP contribution is -2.51. The van der Waals surface area contributed by atoms with Crippen molar-refractivity contribution in [3.8, 4) is 0 Å². The van der Waals surface area contributed by atoms with Gasteiger partial charge in [0.25, 0.3) is 0 Å². The molecule has 1 rings (SSSR count). The summed E-state index contributed by atoms with van der Waals surface area (Å²) in [4.78, 5) is 12.4. The minimum Gasteiger partial charge on any atom is -0.377 e. The third kappa shape index (κ3) is 1.60. The second kappa shape index (κ2) is 2.88. The van der Waals surface area contributed by atoms with Crippen LogP contribution in [0.2, 0.25) is 0 Å². The normalized spacial score (nSPS) is 17.8. The molecule has 1 heterocycles. The molecular formula is C6H12N2O2.